The molecule has 7 nitrogen and oxygen atoms in total. The van der Waals surface area contributed by atoms with Gasteiger partial charge in [-0.1, -0.05) is 6.58 Å². The first kappa shape index (κ1) is 17.0. The summed E-state index contributed by atoms with van der Waals surface area (Å²) in [5, 5.41) is 10.8. The number of ether oxygens (including phenoxy) is 1. The van der Waals surface area contributed by atoms with Crippen molar-refractivity contribution < 1.29 is 18.3 Å². The highest BCUT2D eigenvalue weighted by molar-refractivity contribution is 5.92. The molecule has 0 saturated heterocycles. The Morgan fingerprint density at radius 3 is 2.93 bits per heavy atom. The van der Waals surface area contributed by atoms with Crippen LogP contribution in [0.25, 0.3) is 16.6 Å². The van der Waals surface area contributed by atoms with E-state index in [4.69, 9.17) is 4.74 Å². The van der Waals surface area contributed by atoms with Crippen LogP contribution in [0.1, 0.15) is 0 Å². The Labute approximate surface area is 152 Å². The normalized spacial score (nSPS) is 13.9. The smallest absolute Gasteiger partial charge is 0.257 e. The molecule has 27 heavy (non-hydrogen) atoms. The number of nitrogens with zero attached hydrogens (tertiary/aromatic N) is 4. The molecule has 0 unspecified atom stereocenters. The predicted octanol–water partition coefficient (Wildman–Crippen LogP) is 2.41. The van der Waals surface area contributed by atoms with Crippen LogP contribution < -0.4 is 10.1 Å². The number of aromatic nitrogens is 4. The van der Waals surface area contributed by atoms with Gasteiger partial charge in [0.15, 0.2) is 5.75 Å². The monoisotopic (exact) mass is 371 g/mol. The van der Waals surface area contributed by atoms with E-state index in [0.717, 1.165) is 0 Å². The lowest BCUT2D eigenvalue weighted by Gasteiger charge is -2.12. The summed E-state index contributed by atoms with van der Waals surface area (Å²) in [7, 11) is 0. The first-order valence-corrected chi connectivity index (χ1v) is 8.13. The van der Waals surface area contributed by atoms with Gasteiger partial charge in [0.2, 0.25) is 5.91 Å². The molecule has 0 aromatic carbocycles. The van der Waals surface area contributed by atoms with Gasteiger partial charge in [-0.05, 0) is 12.1 Å². The second-order valence-electron chi connectivity index (χ2n) is 6.01. The van der Waals surface area contributed by atoms with Crippen LogP contribution in [-0.2, 0) is 11.3 Å². The highest BCUT2D eigenvalue weighted by Gasteiger charge is 2.17. The van der Waals surface area contributed by atoms with Crippen molar-refractivity contribution in [2.24, 2.45) is 0 Å². The highest BCUT2D eigenvalue weighted by atomic mass is 19.3. The summed E-state index contributed by atoms with van der Waals surface area (Å²) < 4.78 is 33.8. The van der Waals surface area contributed by atoms with Crippen LogP contribution in [0.4, 0.5) is 8.78 Å². The summed E-state index contributed by atoms with van der Waals surface area (Å²) in [6.45, 7) is 3.77. The zero-order chi connectivity index (χ0) is 19.0. The van der Waals surface area contributed by atoms with E-state index in [1.165, 1.54) is 23.2 Å². The maximum atomic E-state index is 12.5. The summed E-state index contributed by atoms with van der Waals surface area (Å²) in [4.78, 5) is 11.3. The van der Waals surface area contributed by atoms with Gasteiger partial charge in [-0.2, -0.15) is 10.2 Å². The van der Waals surface area contributed by atoms with Gasteiger partial charge in [-0.3, -0.25) is 9.48 Å². The molecule has 1 N–H and O–H groups in total. The number of nitrogens with one attached hydrogen (secondary N) is 1. The summed E-state index contributed by atoms with van der Waals surface area (Å²) in [6, 6.07) is 3.54. The van der Waals surface area contributed by atoms with E-state index in [9.17, 15) is 13.6 Å². The number of amides is 1. The summed E-state index contributed by atoms with van der Waals surface area (Å²) in [5.41, 5.74) is 2.72. The molecule has 3 aromatic rings. The van der Waals surface area contributed by atoms with E-state index in [1.54, 1.807) is 29.0 Å². The Balaban J connectivity index is 1.67. The largest absolute Gasteiger partial charge is 0.455 e. The average Bonchev–Trinajstić information content (AvgIpc) is 3.34. The topological polar surface area (TPSA) is 73.5 Å². The van der Waals surface area contributed by atoms with Crippen LogP contribution in [0, 0.1) is 0 Å². The minimum Gasteiger partial charge on any atom is -0.455 e. The Morgan fingerprint density at radius 1 is 1.33 bits per heavy atom. The SMILES string of the molecule is C=C(Oc1cc(-c2cnn(CC(F)F)c2)cn2nccc12)C1=CC(=O)NC1. The predicted molar refractivity (Wildman–Crippen MR) is 93.3 cm³/mol. The fourth-order valence-corrected chi connectivity index (χ4v) is 2.81. The van der Waals surface area contributed by atoms with Crippen LogP contribution in [0.5, 0.6) is 5.75 Å². The van der Waals surface area contributed by atoms with Crippen molar-refractivity contribution >= 4 is 11.4 Å². The molecule has 1 aliphatic rings. The van der Waals surface area contributed by atoms with Gasteiger partial charge in [-0.15, -0.1) is 0 Å². The molecule has 138 valence electrons. The van der Waals surface area contributed by atoms with E-state index in [2.05, 4.69) is 22.1 Å². The number of carbonyl (C=O) groups is 1. The van der Waals surface area contributed by atoms with Crippen LogP contribution >= 0.6 is 0 Å². The number of carbonyl (C=O) groups excluding carboxylic acids is 1. The number of alkyl halides is 2. The molecular formula is C18H15F2N5O2. The van der Waals surface area contributed by atoms with Gasteiger partial charge < -0.3 is 10.1 Å². The standard InChI is InChI=1S/C18H15F2N5O2/c1-11(12-5-18(26)21-6-12)27-16-4-13(9-25-15(16)2-3-22-25)14-7-23-24(8-14)10-17(19)20/h2-5,7-9,17H,1,6,10H2,(H,21,26). The van der Waals surface area contributed by atoms with Gasteiger partial charge in [0.25, 0.3) is 6.43 Å². The van der Waals surface area contributed by atoms with Crippen LogP contribution in [0.3, 0.4) is 0 Å². The fourth-order valence-electron chi connectivity index (χ4n) is 2.81. The average molecular weight is 371 g/mol. The molecular weight excluding hydrogens is 356 g/mol. The number of hydrogen-bond acceptors (Lipinski definition) is 4. The van der Waals surface area contributed by atoms with Crippen molar-refractivity contribution in [1.29, 1.82) is 0 Å². The minimum atomic E-state index is -2.48. The molecule has 0 fully saturated rings. The summed E-state index contributed by atoms with van der Waals surface area (Å²) in [6.07, 6.45) is 5.38. The Bertz CT molecular complexity index is 1070. The Morgan fingerprint density at radius 2 is 2.19 bits per heavy atom. The molecule has 1 amide bonds. The van der Waals surface area contributed by atoms with Crippen molar-refractivity contribution in [3.63, 3.8) is 0 Å². The van der Waals surface area contributed by atoms with Gasteiger partial charge in [0.05, 0.1) is 12.4 Å². The number of halogens is 2. The molecule has 0 spiro atoms. The van der Waals surface area contributed by atoms with Gasteiger partial charge in [0.1, 0.15) is 17.8 Å². The lowest BCUT2D eigenvalue weighted by Crippen LogP contribution is -2.15. The van der Waals surface area contributed by atoms with E-state index in [0.29, 0.717) is 40.3 Å². The molecule has 0 saturated carbocycles. The van der Waals surface area contributed by atoms with Crippen molar-refractivity contribution in [1.82, 2.24) is 24.7 Å². The quantitative estimate of drug-likeness (QED) is 0.676. The van der Waals surface area contributed by atoms with E-state index in [1.807, 2.05) is 0 Å². The van der Waals surface area contributed by atoms with E-state index >= 15 is 0 Å². The molecule has 0 atom stereocenters. The summed E-state index contributed by atoms with van der Waals surface area (Å²) >= 11 is 0. The third-order valence-corrected chi connectivity index (χ3v) is 4.11. The fraction of sp³-hybridized carbons (Fsp3) is 0.167. The van der Waals surface area contributed by atoms with Crippen LogP contribution in [0.2, 0.25) is 0 Å². The lowest BCUT2D eigenvalue weighted by molar-refractivity contribution is -0.115. The Kier molecular flexibility index (Phi) is 4.19. The zero-order valence-electron chi connectivity index (χ0n) is 14.1. The van der Waals surface area contributed by atoms with Crippen LogP contribution in [0.15, 0.2) is 60.9 Å². The molecule has 9 heteroatoms. The Hall–Kier alpha value is -3.49. The van der Waals surface area contributed by atoms with Gasteiger partial charge >= 0.3 is 0 Å². The first-order chi connectivity index (χ1) is 13.0. The molecule has 0 bridgehead atoms. The van der Waals surface area contributed by atoms with Gasteiger partial charge in [-0.25, -0.2) is 13.3 Å². The third-order valence-electron chi connectivity index (χ3n) is 4.11. The lowest BCUT2D eigenvalue weighted by atomic mass is 10.1. The third kappa shape index (κ3) is 3.43. The minimum absolute atomic E-state index is 0.190. The van der Waals surface area contributed by atoms with Gasteiger partial charge in [0, 0.05) is 41.7 Å². The molecule has 0 radical (unpaired) electrons. The molecule has 1 aliphatic heterocycles. The molecule has 4 heterocycles. The molecule has 0 aliphatic carbocycles. The van der Waals surface area contributed by atoms with Crippen molar-refractivity contribution in [2.45, 2.75) is 13.0 Å². The number of fused-ring (bicyclic) bond motifs is 1. The number of rotatable bonds is 6. The number of hydrogen-bond donors (Lipinski definition) is 1. The molecule has 4 rings (SSSR count). The van der Waals surface area contributed by atoms with E-state index < -0.39 is 13.0 Å². The van der Waals surface area contributed by atoms with Crippen molar-refractivity contribution in [3.05, 3.63) is 60.9 Å². The zero-order valence-corrected chi connectivity index (χ0v) is 14.1. The number of pyridine rings is 1. The van der Waals surface area contributed by atoms with Crippen molar-refractivity contribution in [3.8, 4) is 16.9 Å². The highest BCUT2D eigenvalue weighted by Crippen LogP contribution is 2.30. The van der Waals surface area contributed by atoms with E-state index in [-0.39, 0.29) is 5.91 Å². The van der Waals surface area contributed by atoms with Crippen molar-refractivity contribution in [2.75, 3.05) is 6.54 Å². The first-order valence-electron chi connectivity index (χ1n) is 8.13. The maximum Gasteiger partial charge on any atom is 0.257 e. The maximum absolute atomic E-state index is 12.5. The summed E-state index contributed by atoms with van der Waals surface area (Å²) in [5.74, 6) is 0.642. The second kappa shape index (κ2) is 6.67. The van der Waals surface area contributed by atoms with Crippen LogP contribution in [-0.4, -0.2) is 38.3 Å². The second-order valence-corrected chi connectivity index (χ2v) is 6.01. The molecule has 3 aromatic heterocycles.